The molecule has 0 radical (unpaired) electrons. The molecule has 0 fully saturated rings. The number of nitrogens with zero attached hydrogens (tertiary/aromatic N) is 4. The third-order valence-electron chi connectivity index (χ3n) is 24.8. The fraction of sp³-hybridized carbons (Fsp3) is 0.0811. The largest absolute Gasteiger partial charge is 0.455 e. The molecule has 0 saturated carbocycles. The van der Waals surface area contributed by atoms with Crippen molar-refractivity contribution >= 4 is 123 Å². The van der Waals surface area contributed by atoms with Crippen LogP contribution in [0, 0.1) is 6.92 Å². The molecule has 5 nitrogen and oxygen atoms in total. The predicted molar refractivity (Wildman–Crippen MR) is 497 cm³/mol. The van der Waals surface area contributed by atoms with Gasteiger partial charge in [-0.3, -0.25) is 0 Å². The van der Waals surface area contributed by atoms with E-state index in [0.717, 1.165) is 156 Å². The summed E-state index contributed by atoms with van der Waals surface area (Å²) in [7, 11) is 0. The summed E-state index contributed by atoms with van der Waals surface area (Å²) < 4.78 is 12.2. The Morgan fingerprint density at radius 1 is 0.256 bits per heavy atom. The number of rotatable bonds is 11. The molecule has 6 heteroatoms. The zero-order valence-corrected chi connectivity index (χ0v) is 66.6. The van der Waals surface area contributed by atoms with Gasteiger partial charge in [-0.15, -0.1) is 0 Å². The van der Waals surface area contributed by atoms with Crippen LogP contribution in [0.4, 0.5) is 34.1 Å². The molecule has 5 heterocycles. The van der Waals surface area contributed by atoms with Crippen LogP contribution < -0.4 is 26.2 Å². The van der Waals surface area contributed by atoms with Gasteiger partial charge in [-0.05, 0) is 209 Å². The third kappa shape index (κ3) is 11.4. The monoisotopic (exact) mass is 1500 g/mol. The van der Waals surface area contributed by atoms with Gasteiger partial charge in [0.2, 0.25) is 0 Å². The van der Waals surface area contributed by atoms with Gasteiger partial charge < -0.3 is 23.4 Å². The smallest absolute Gasteiger partial charge is 0.252 e. The van der Waals surface area contributed by atoms with Crippen molar-refractivity contribution in [3.63, 3.8) is 0 Å². The quantitative estimate of drug-likeness (QED) is 0.121. The first kappa shape index (κ1) is 69.5. The van der Waals surface area contributed by atoms with Crippen LogP contribution in [0.2, 0.25) is 0 Å². The minimum absolute atomic E-state index is 0.152. The van der Waals surface area contributed by atoms with E-state index >= 15 is 0 Å². The molecule has 2 aliphatic rings. The maximum Gasteiger partial charge on any atom is 0.252 e. The number of benzene rings is 17. The lowest BCUT2D eigenvalue weighted by atomic mass is 9.33. The van der Waals surface area contributed by atoms with Crippen molar-refractivity contribution < 1.29 is 4.42 Å². The van der Waals surface area contributed by atoms with Gasteiger partial charge in [-0.2, -0.15) is 0 Å². The lowest BCUT2D eigenvalue weighted by Crippen LogP contribution is -2.61. The van der Waals surface area contributed by atoms with E-state index in [2.05, 4.69) is 444 Å². The Bertz CT molecular complexity index is 7250. The SMILES string of the molecule is Cc1cc(-c2cccc3c2oc2ccccc23)c(-c2ccc3c(c2)N(c2cc(-c4ccccc4)cc(-c4ccccc4)c2)c2cc(-n4c5ccccc5c5ccccc54)cc4c2B3c2ccc(-c3cc(-c5ccccc5)cc(C(C)(C)C)c3)cc2N4c2ccc(C(C)(C)C)cc2-c2ccccc2)c(-n2c3ccccc3c3ccccc32)c1. The Labute approximate surface area is 683 Å². The normalized spacial score (nSPS) is 12.7. The summed E-state index contributed by atoms with van der Waals surface area (Å²) in [4.78, 5) is 5.34. The molecule has 0 spiro atoms. The molecule has 22 rings (SSSR count). The van der Waals surface area contributed by atoms with Crippen LogP contribution in [0.1, 0.15) is 58.2 Å². The first-order valence-corrected chi connectivity index (χ1v) is 41.0. The van der Waals surface area contributed by atoms with Crippen molar-refractivity contribution in [3.05, 3.63) is 393 Å². The lowest BCUT2D eigenvalue weighted by molar-refractivity contribution is 0.590. The summed E-state index contributed by atoms with van der Waals surface area (Å²) in [6, 6.07) is 142. The molecule has 0 bridgehead atoms. The van der Waals surface area contributed by atoms with E-state index in [1.165, 1.54) is 65.8 Å². The van der Waals surface area contributed by atoms with Crippen LogP contribution in [-0.2, 0) is 10.8 Å². The second-order valence-electron chi connectivity index (χ2n) is 34.0. The van der Waals surface area contributed by atoms with E-state index < -0.39 is 0 Å². The number of para-hydroxylation sites is 6. The Morgan fingerprint density at radius 3 is 1.26 bits per heavy atom. The van der Waals surface area contributed by atoms with Crippen LogP contribution in [0.25, 0.3) is 155 Å². The topological polar surface area (TPSA) is 29.5 Å². The number of aromatic nitrogens is 2. The number of hydrogen-bond donors (Lipinski definition) is 0. The van der Waals surface area contributed by atoms with Gasteiger partial charge in [0, 0.05) is 77.4 Å². The number of anilines is 6. The van der Waals surface area contributed by atoms with Gasteiger partial charge >= 0.3 is 0 Å². The highest BCUT2D eigenvalue weighted by Crippen LogP contribution is 2.54. The zero-order chi connectivity index (χ0) is 78.5. The van der Waals surface area contributed by atoms with Crippen molar-refractivity contribution in [2.24, 2.45) is 0 Å². The third-order valence-corrected chi connectivity index (χ3v) is 24.8. The highest BCUT2D eigenvalue weighted by Gasteiger charge is 2.45. The van der Waals surface area contributed by atoms with Crippen LogP contribution in [0.5, 0.6) is 0 Å². The van der Waals surface area contributed by atoms with Crippen LogP contribution in [0.3, 0.4) is 0 Å². The molecular formula is C111H83BN4O. The standard InChI is InChI=1S/C111H83BN4O/c1-70-57-93(91-45-30-44-90-89-43-24-29-50-106(89)117-109(90)91)107(103(58-70)115-98-48-27-22-41-87(98)88-42-23-28-49-99(88)115)76-52-55-94-101(66-76)114(83-63-79(72-33-14-9-15-34-72)60-80(64-83)73-35-16-10-17-36-73)104-68-84(113-96-46-25-20-39-85(96)86-40-21-26-47-97(86)113)69-105-108(104)112(94)95-54-51-75(78-59-77(71-31-12-8-13-32-71)61-82(62-78)111(5,6)7)65-102(95)116(105)100-56-53-81(110(2,3)4)67-92(100)74-37-18-11-19-38-74/h8-69H,1-7H3. The van der Waals surface area contributed by atoms with Gasteiger partial charge in [0.05, 0.1) is 39.1 Å². The van der Waals surface area contributed by atoms with Gasteiger partial charge in [-0.1, -0.05) is 321 Å². The minimum Gasteiger partial charge on any atom is -0.455 e. The van der Waals surface area contributed by atoms with Crippen molar-refractivity contribution in [2.45, 2.75) is 59.3 Å². The van der Waals surface area contributed by atoms with E-state index in [-0.39, 0.29) is 17.5 Å². The first-order chi connectivity index (χ1) is 57.2. The molecule has 17 aromatic carbocycles. The summed E-state index contributed by atoms with van der Waals surface area (Å²) in [6.07, 6.45) is 0. The summed E-state index contributed by atoms with van der Waals surface area (Å²) in [6.45, 7) is 16.0. The van der Waals surface area contributed by atoms with E-state index in [1.54, 1.807) is 0 Å². The second-order valence-corrected chi connectivity index (χ2v) is 34.0. The maximum atomic E-state index is 7.17. The molecule has 3 aromatic heterocycles. The van der Waals surface area contributed by atoms with Crippen LogP contribution in [-0.4, -0.2) is 15.8 Å². The molecular weight excluding hydrogens is 1420 g/mol. The van der Waals surface area contributed by atoms with E-state index in [4.69, 9.17) is 4.42 Å². The number of hydrogen-bond acceptors (Lipinski definition) is 3. The summed E-state index contributed by atoms with van der Waals surface area (Å²) in [5, 5.41) is 6.96. The van der Waals surface area contributed by atoms with E-state index in [0.29, 0.717) is 0 Å². The Hall–Kier alpha value is -14.2. The Morgan fingerprint density at radius 2 is 0.709 bits per heavy atom. The Kier molecular flexibility index (Phi) is 16.0. The minimum atomic E-state index is -0.304. The molecule has 0 unspecified atom stereocenters. The van der Waals surface area contributed by atoms with E-state index in [1.807, 2.05) is 0 Å². The average molecular weight is 1500 g/mol. The fourth-order valence-corrected chi connectivity index (χ4v) is 19.2. The highest BCUT2D eigenvalue weighted by atomic mass is 16.3. The number of aryl methyl sites for hydroxylation is 1. The molecule has 0 amide bonds. The molecule has 0 atom stereocenters. The van der Waals surface area contributed by atoms with Gasteiger partial charge in [0.25, 0.3) is 6.71 Å². The molecule has 0 N–H and O–H groups in total. The summed E-state index contributed by atoms with van der Waals surface area (Å²) >= 11 is 0. The van der Waals surface area contributed by atoms with Gasteiger partial charge in [0.15, 0.2) is 0 Å². The van der Waals surface area contributed by atoms with Crippen molar-refractivity contribution in [1.82, 2.24) is 9.13 Å². The first-order valence-electron chi connectivity index (χ1n) is 41.0. The molecule has 2 aliphatic heterocycles. The van der Waals surface area contributed by atoms with Crippen molar-refractivity contribution in [2.75, 3.05) is 9.80 Å². The molecule has 20 aromatic rings. The van der Waals surface area contributed by atoms with Gasteiger partial charge in [-0.25, -0.2) is 0 Å². The van der Waals surface area contributed by atoms with Crippen LogP contribution in [0.15, 0.2) is 381 Å². The summed E-state index contributed by atoms with van der Waals surface area (Å²) in [5.41, 5.74) is 37.6. The summed E-state index contributed by atoms with van der Waals surface area (Å²) in [5.74, 6) is 0. The lowest BCUT2D eigenvalue weighted by Gasteiger charge is -2.45. The van der Waals surface area contributed by atoms with E-state index in [9.17, 15) is 0 Å². The maximum absolute atomic E-state index is 7.17. The number of fused-ring (bicyclic) bond motifs is 13. The number of furan rings is 1. The average Bonchev–Trinajstić information content (AvgIpc) is 1.32. The molecule has 117 heavy (non-hydrogen) atoms. The Balaban J connectivity index is 0.908. The predicted octanol–water partition coefficient (Wildman–Crippen LogP) is 28.4. The second kappa shape index (κ2) is 27.0. The fourth-order valence-electron chi connectivity index (χ4n) is 19.2. The van der Waals surface area contributed by atoms with Crippen molar-refractivity contribution in [1.29, 1.82) is 0 Å². The zero-order valence-electron chi connectivity index (χ0n) is 66.6. The molecule has 0 saturated heterocycles. The molecule has 556 valence electrons. The molecule has 0 aliphatic carbocycles. The van der Waals surface area contributed by atoms with Gasteiger partial charge in [0.1, 0.15) is 11.2 Å². The highest BCUT2D eigenvalue weighted by molar-refractivity contribution is 7.00. The van der Waals surface area contributed by atoms with Crippen molar-refractivity contribution in [3.8, 4) is 89.3 Å². The van der Waals surface area contributed by atoms with Crippen LogP contribution >= 0.6 is 0 Å².